The van der Waals surface area contributed by atoms with Crippen molar-refractivity contribution >= 4 is 39.6 Å². The Labute approximate surface area is 174 Å². The lowest BCUT2D eigenvalue weighted by atomic mass is 10.2. The van der Waals surface area contributed by atoms with E-state index in [1.54, 1.807) is 59.9 Å². The number of nitrogens with two attached hydrogens (primary N) is 1. The standard InChI is InChI=1S/C21H15N3O3S2/c22-19(25)13-3-7-15(8-4-13)27-16-9-5-14(6-10-16)20(26)24-21-23-17(12-29-21)18-2-1-11-28-18/h1-12H,(H2,22,25)(H,23,24,26). The van der Waals surface area contributed by atoms with Crippen LogP contribution in [0.4, 0.5) is 5.13 Å². The van der Waals surface area contributed by atoms with E-state index in [-0.39, 0.29) is 5.91 Å². The van der Waals surface area contributed by atoms with Crippen molar-refractivity contribution in [1.29, 1.82) is 0 Å². The first-order chi connectivity index (χ1) is 14.1. The molecule has 0 aliphatic heterocycles. The molecule has 0 saturated carbocycles. The number of thiophene rings is 1. The van der Waals surface area contributed by atoms with Crippen LogP contribution in [0.2, 0.25) is 0 Å². The van der Waals surface area contributed by atoms with Crippen molar-refractivity contribution in [1.82, 2.24) is 4.98 Å². The zero-order valence-electron chi connectivity index (χ0n) is 15.0. The first-order valence-electron chi connectivity index (χ1n) is 8.57. The van der Waals surface area contributed by atoms with E-state index in [2.05, 4.69) is 10.3 Å². The van der Waals surface area contributed by atoms with Gasteiger partial charge in [-0.25, -0.2) is 4.98 Å². The van der Waals surface area contributed by atoms with Gasteiger partial charge < -0.3 is 10.5 Å². The summed E-state index contributed by atoms with van der Waals surface area (Å²) in [6, 6.07) is 17.2. The second kappa shape index (κ2) is 8.26. The Bertz CT molecular complexity index is 1130. The number of ether oxygens (including phenoxy) is 1. The molecule has 0 saturated heterocycles. The smallest absolute Gasteiger partial charge is 0.257 e. The average Bonchev–Trinajstić information content (AvgIpc) is 3.41. The normalized spacial score (nSPS) is 10.5. The number of hydrogen-bond donors (Lipinski definition) is 2. The molecule has 0 radical (unpaired) electrons. The number of primary amides is 1. The number of rotatable bonds is 6. The van der Waals surface area contributed by atoms with Gasteiger partial charge in [0.15, 0.2) is 5.13 Å². The van der Waals surface area contributed by atoms with Gasteiger partial charge in [-0.05, 0) is 60.0 Å². The third-order valence-corrected chi connectivity index (χ3v) is 5.64. The monoisotopic (exact) mass is 421 g/mol. The molecule has 2 amide bonds. The Hall–Kier alpha value is -3.49. The second-order valence-corrected chi connectivity index (χ2v) is 7.79. The van der Waals surface area contributed by atoms with Gasteiger partial charge in [0.25, 0.3) is 5.91 Å². The van der Waals surface area contributed by atoms with Gasteiger partial charge in [-0.2, -0.15) is 0 Å². The first-order valence-corrected chi connectivity index (χ1v) is 10.3. The molecule has 4 rings (SSSR count). The first kappa shape index (κ1) is 18.9. The Balaban J connectivity index is 1.39. The fourth-order valence-electron chi connectivity index (χ4n) is 2.54. The number of thiazole rings is 1. The molecule has 6 nitrogen and oxygen atoms in total. The van der Waals surface area contributed by atoms with Crippen molar-refractivity contribution in [2.75, 3.05) is 5.32 Å². The number of nitrogens with zero attached hydrogens (tertiary/aromatic N) is 1. The third kappa shape index (κ3) is 4.50. The van der Waals surface area contributed by atoms with Crippen LogP contribution in [0.1, 0.15) is 20.7 Å². The Morgan fingerprint density at radius 2 is 1.55 bits per heavy atom. The minimum absolute atomic E-state index is 0.241. The fraction of sp³-hybridized carbons (Fsp3) is 0. The predicted octanol–water partition coefficient (Wildman–Crippen LogP) is 5.02. The molecule has 2 aromatic carbocycles. The van der Waals surface area contributed by atoms with Crippen molar-refractivity contribution in [3.8, 4) is 22.1 Å². The van der Waals surface area contributed by atoms with Gasteiger partial charge in [0.05, 0.1) is 10.6 Å². The second-order valence-electron chi connectivity index (χ2n) is 5.98. The van der Waals surface area contributed by atoms with Gasteiger partial charge in [-0.15, -0.1) is 22.7 Å². The molecular formula is C21H15N3O3S2. The average molecular weight is 422 g/mol. The summed E-state index contributed by atoms with van der Waals surface area (Å²) < 4.78 is 5.72. The molecule has 29 heavy (non-hydrogen) atoms. The van der Waals surface area contributed by atoms with Crippen molar-refractivity contribution in [2.24, 2.45) is 5.73 Å². The summed E-state index contributed by atoms with van der Waals surface area (Å²) in [7, 11) is 0. The summed E-state index contributed by atoms with van der Waals surface area (Å²) in [6.07, 6.45) is 0. The number of nitrogens with one attached hydrogen (secondary N) is 1. The molecule has 3 N–H and O–H groups in total. The van der Waals surface area contributed by atoms with Gasteiger partial charge in [-0.3, -0.25) is 14.9 Å². The number of carbonyl (C=O) groups is 2. The third-order valence-electron chi connectivity index (χ3n) is 3.99. The van der Waals surface area contributed by atoms with Crippen molar-refractivity contribution in [3.05, 3.63) is 82.6 Å². The zero-order chi connectivity index (χ0) is 20.2. The van der Waals surface area contributed by atoms with Gasteiger partial charge in [0.2, 0.25) is 5.91 Å². The number of carbonyl (C=O) groups excluding carboxylic acids is 2. The molecule has 0 bridgehead atoms. The summed E-state index contributed by atoms with van der Waals surface area (Å²) in [5, 5.41) is 7.27. The molecule has 2 heterocycles. The van der Waals surface area contributed by atoms with Crippen molar-refractivity contribution in [3.63, 3.8) is 0 Å². The van der Waals surface area contributed by atoms with Crippen LogP contribution in [0.15, 0.2) is 71.4 Å². The lowest BCUT2D eigenvalue weighted by molar-refractivity contribution is 0.0997. The maximum atomic E-state index is 12.5. The molecule has 4 aromatic rings. The Morgan fingerprint density at radius 3 is 2.14 bits per heavy atom. The van der Waals surface area contributed by atoms with E-state index in [9.17, 15) is 9.59 Å². The van der Waals surface area contributed by atoms with E-state index in [1.165, 1.54) is 11.3 Å². The lowest BCUT2D eigenvalue weighted by Gasteiger charge is -2.07. The van der Waals surface area contributed by atoms with E-state index < -0.39 is 5.91 Å². The van der Waals surface area contributed by atoms with Crippen LogP contribution >= 0.6 is 22.7 Å². The number of benzene rings is 2. The van der Waals surface area contributed by atoms with Crippen LogP contribution in [-0.4, -0.2) is 16.8 Å². The van der Waals surface area contributed by atoms with Gasteiger partial charge in [0, 0.05) is 16.5 Å². The summed E-state index contributed by atoms with van der Waals surface area (Å²) in [5.74, 6) is 0.405. The van der Waals surface area contributed by atoms with Crippen LogP contribution < -0.4 is 15.8 Å². The van der Waals surface area contributed by atoms with Gasteiger partial charge >= 0.3 is 0 Å². The maximum Gasteiger partial charge on any atom is 0.257 e. The van der Waals surface area contributed by atoms with E-state index in [4.69, 9.17) is 10.5 Å². The minimum atomic E-state index is -0.491. The molecule has 0 aliphatic rings. The van der Waals surface area contributed by atoms with Crippen molar-refractivity contribution in [2.45, 2.75) is 0 Å². The SMILES string of the molecule is NC(=O)c1ccc(Oc2ccc(C(=O)Nc3nc(-c4cccs4)cs3)cc2)cc1. The molecule has 0 aliphatic carbocycles. The van der Waals surface area contributed by atoms with E-state index in [0.717, 1.165) is 10.6 Å². The van der Waals surface area contributed by atoms with Gasteiger partial charge in [-0.1, -0.05) is 6.07 Å². The topological polar surface area (TPSA) is 94.3 Å². The maximum absolute atomic E-state index is 12.5. The molecule has 0 unspecified atom stereocenters. The number of hydrogen-bond acceptors (Lipinski definition) is 6. The van der Waals surface area contributed by atoms with Gasteiger partial charge in [0.1, 0.15) is 11.5 Å². The van der Waals surface area contributed by atoms with Crippen LogP contribution in [0.25, 0.3) is 10.6 Å². The molecule has 0 fully saturated rings. The Morgan fingerprint density at radius 1 is 0.897 bits per heavy atom. The summed E-state index contributed by atoms with van der Waals surface area (Å²) >= 11 is 2.99. The predicted molar refractivity (Wildman–Crippen MR) is 115 cm³/mol. The minimum Gasteiger partial charge on any atom is -0.457 e. The molecule has 2 aromatic heterocycles. The van der Waals surface area contributed by atoms with Crippen LogP contribution in [0, 0.1) is 0 Å². The summed E-state index contributed by atoms with van der Waals surface area (Å²) in [4.78, 5) is 29.1. The van der Waals surface area contributed by atoms with E-state index in [0.29, 0.717) is 27.8 Å². The van der Waals surface area contributed by atoms with Crippen molar-refractivity contribution < 1.29 is 14.3 Å². The van der Waals surface area contributed by atoms with E-state index >= 15 is 0 Å². The lowest BCUT2D eigenvalue weighted by Crippen LogP contribution is -2.11. The van der Waals surface area contributed by atoms with Crippen LogP contribution in [0.5, 0.6) is 11.5 Å². The summed E-state index contributed by atoms with van der Waals surface area (Å²) in [6.45, 7) is 0. The number of amides is 2. The largest absolute Gasteiger partial charge is 0.457 e. The summed E-state index contributed by atoms with van der Waals surface area (Å²) in [5.41, 5.74) is 6.98. The number of anilines is 1. The highest BCUT2D eigenvalue weighted by atomic mass is 32.1. The Kier molecular flexibility index (Phi) is 5.37. The fourth-order valence-corrected chi connectivity index (χ4v) is 4.00. The zero-order valence-corrected chi connectivity index (χ0v) is 16.6. The van der Waals surface area contributed by atoms with Crippen LogP contribution in [-0.2, 0) is 0 Å². The highest BCUT2D eigenvalue weighted by Crippen LogP contribution is 2.28. The molecular weight excluding hydrogens is 406 g/mol. The molecule has 8 heteroatoms. The highest BCUT2D eigenvalue weighted by molar-refractivity contribution is 7.16. The van der Waals surface area contributed by atoms with Crippen LogP contribution in [0.3, 0.4) is 0 Å². The van der Waals surface area contributed by atoms with E-state index in [1.807, 2.05) is 22.9 Å². The molecule has 144 valence electrons. The molecule has 0 atom stereocenters. The number of aromatic nitrogens is 1. The quantitative estimate of drug-likeness (QED) is 0.457. The highest BCUT2D eigenvalue weighted by Gasteiger charge is 2.11. The molecule has 0 spiro atoms.